The molecule has 1 aliphatic heterocycles. The van der Waals surface area contributed by atoms with E-state index in [2.05, 4.69) is 49.2 Å². The molecular weight excluding hydrogens is 296 g/mol. The summed E-state index contributed by atoms with van der Waals surface area (Å²) in [5.41, 5.74) is 3.55. The molecule has 2 N–H and O–H groups in total. The van der Waals surface area contributed by atoms with Crippen molar-refractivity contribution in [3.8, 4) is 0 Å². The summed E-state index contributed by atoms with van der Waals surface area (Å²) < 4.78 is 0. The highest BCUT2D eigenvalue weighted by atomic mass is 16.3. The molecule has 3 nitrogen and oxygen atoms in total. The van der Waals surface area contributed by atoms with Crippen LogP contribution in [0.15, 0.2) is 18.2 Å². The molecule has 0 aromatic heterocycles. The van der Waals surface area contributed by atoms with Gasteiger partial charge in [-0.15, -0.1) is 0 Å². The molecule has 1 atom stereocenters. The maximum Gasteiger partial charge on any atom is 0.0591 e. The summed E-state index contributed by atoms with van der Waals surface area (Å²) in [5.74, 6) is 0. The van der Waals surface area contributed by atoms with Crippen LogP contribution in [0.2, 0.25) is 0 Å². The normalized spacial score (nSPS) is 18.0. The van der Waals surface area contributed by atoms with Crippen molar-refractivity contribution in [2.75, 3.05) is 18.0 Å². The highest BCUT2D eigenvalue weighted by molar-refractivity contribution is 5.51. The Morgan fingerprint density at radius 3 is 2.29 bits per heavy atom. The van der Waals surface area contributed by atoms with Crippen LogP contribution in [-0.2, 0) is 0 Å². The van der Waals surface area contributed by atoms with Gasteiger partial charge in [0.05, 0.1) is 5.60 Å². The first kappa shape index (κ1) is 19.3. The van der Waals surface area contributed by atoms with Crippen LogP contribution >= 0.6 is 0 Å². The van der Waals surface area contributed by atoms with E-state index in [1.807, 2.05) is 13.8 Å². The summed E-state index contributed by atoms with van der Waals surface area (Å²) in [6.45, 7) is 12.7. The van der Waals surface area contributed by atoms with Crippen molar-refractivity contribution in [1.29, 1.82) is 0 Å². The minimum Gasteiger partial charge on any atom is -0.390 e. The van der Waals surface area contributed by atoms with Crippen LogP contribution in [0.1, 0.15) is 64.0 Å². The zero-order valence-corrected chi connectivity index (χ0v) is 16.2. The molecule has 0 radical (unpaired) electrons. The van der Waals surface area contributed by atoms with Gasteiger partial charge in [-0.3, -0.25) is 0 Å². The topological polar surface area (TPSA) is 35.5 Å². The van der Waals surface area contributed by atoms with E-state index >= 15 is 0 Å². The van der Waals surface area contributed by atoms with Gasteiger partial charge < -0.3 is 15.3 Å². The van der Waals surface area contributed by atoms with Crippen LogP contribution in [0.3, 0.4) is 0 Å². The zero-order valence-electron chi connectivity index (χ0n) is 16.2. The third kappa shape index (κ3) is 6.45. The smallest absolute Gasteiger partial charge is 0.0591 e. The van der Waals surface area contributed by atoms with Gasteiger partial charge in [0.1, 0.15) is 0 Å². The van der Waals surface area contributed by atoms with Crippen LogP contribution in [0.5, 0.6) is 0 Å². The molecule has 0 aliphatic carbocycles. The molecule has 1 aromatic rings. The van der Waals surface area contributed by atoms with Gasteiger partial charge in [-0.1, -0.05) is 6.07 Å². The van der Waals surface area contributed by atoms with E-state index in [1.54, 1.807) is 0 Å². The first-order valence-corrected chi connectivity index (χ1v) is 9.54. The fourth-order valence-corrected chi connectivity index (χ4v) is 3.76. The van der Waals surface area contributed by atoms with Crippen molar-refractivity contribution in [2.45, 2.75) is 84.4 Å². The molecule has 1 fully saturated rings. The molecule has 2 rings (SSSR count). The third-order valence-electron chi connectivity index (χ3n) is 5.01. The van der Waals surface area contributed by atoms with Crippen molar-refractivity contribution in [1.82, 2.24) is 5.32 Å². The summed E-state index contributed by atoms with van der Waals surface area (Å²) in [4.78, 5) is 2.52. The standard InChI is InChI=1S/C21H36N2O/c1-16-13-17(2)15-20(14-16)23-11-8-19(9-12-23)22-18(3)7-6-10-21(4,5)24/h13-15,18-19,22,24H,6-12H2,1-5H3. The Bertz CT molecular complexity index is 493. The maximum atomic E-state index is 9.80. The van der Waals surface area contributed by atoms with Crippen molar-refractivity contribution in [2.24, 2.45) is 0 Å². The SMILES string of the molecule is Cc1cc(C)cc(N2CCC(NC(C)CCCC(C)(C)O)CC2)c1. The molecule has 1 saturated heterocycles. The monoisotopic (exact) mass is 332 g/mol. The average molecular weight is 333 g/mol. The Kier molecular flexibility index (Phi) is 6.70. The molecule has 1 aromatic carbocycles. The van der Waals surface area contributed by atoms with Gasteiger partial charge >= 0.3 is 0 Å². The highest BCUT2D eigenvalue weighted by Crippen LogP contribution is 2.23. The van der Waals surface area contributed by atoms with Crippen molar-refractivity contribution in [3.05, 3.63) is 29.3 Å². The number of nitrogens with one attached hydrogen (secondary N) is 1. The van der Waals surface area contributed by atoms with Gasteiger partial charge in [0.2, 0.25) is 0 Å². The lowest BCUT2D eigenvalue weighted by Gasteiger charge is -2.35. The second-order valence-corrected chi connectivity index (χ2v) is 8.38. The number of rotatable bonds is 7. The number of anilines is 1. The largest absolute Gasteiger partial charge is 0.390 e. The van der Waals surface area contributed by atoms with Gasteiger partial charge in [0.15, 0.2) is 0 Å². The van der Waals surface area contributed by atoms with Crippen molar-refractivity contribution in [3.63, 3.8) is 0 Å². The predicted molar refractivity (Wildman–Crippen MR) is 104 cm³/mol. The fraction of sp³-hybridized carbons (Fsp3) is 0.714. The number of hydrogen-bond donors (Lipinski definition) is 2. The Balaban J connectivity index is 1.74. The molecular formula is C21H36N2O. The molecule has 24 heavy (non-hydrogen) atoms. The number of piperidine rings is 1. The first-order valence-electron chi connectivity index (χ1n) is 9.54. The molecule has 1 heterocycles. The zero-order chi connectivity index (χ0) is 17.7. The van der Waals surface area contributed by atoms with E-state index < -0.39 is 5.60 Å². The lowest BCUT2D eigenvalue weighted by molar-refractivity contribution is 0.0673. The number of aliphatic hydroxyl groups is 1. The molecule has 0 amide bonds. The summed E-state index contributed by atoms with van der Waals surface area (Å²) in [7, 11) is 0. The molecule has 1 unspecified atom stereocenters. The van der Waals surface area contributed by atoms with Crippen molar-refractivity contribution < 1.29 is 5.11 Å². The lowest BCUT2D eigenvalue weighted by atomic mass is 9.98. The summed E-state index contributed by atoms with van der Waals surface area (Å²) >= 11 is 0. The Labute approximate surface area is 148 Å². The molecule has 1 aliphatic rings. The minimum absolute atomic E-state index is 0.531. The van der Waals surface area contributed by atoms with Crippen LogP contribution in [0.25, 0.3) is 0 Å². The number of aryl methyl sites for hydroxylation is 2. The van der Waals surface area contributed by atoms with Crippen molar-refractivity contribution >= 4 is 5.69 Å². The number of hydrogen-bond acceptors (Lipinski definition) is 3. The van der Waals surface area contributed by atoms with Crippen LogP contribution < -0.4 is 10.2 Å². The minimum atomic E-state index is -0.531. The molecule has 0 saturated carbocycles. The maximum absolute atomic E-state index is 9.80. The Morgan fingerprint density at radius 2 is 1.75 bits per heavy atom. The predicted octanol–water partition coefficient (Wildman–Crippen LogP) is 4.19. The highest BCUT2D eigenvalue weighted by Gasteiger charge is 2.21. The van der Waals surface area contributed by atoms with Crippen LogP contribution in [0.4, 0.5) is 5.69 Å². The number of nitrogens with zero attached hydrogens (tertiary/aromatic N) is 1. The van der Waals surface area contributed by atoms with Crippen LogP contribution in [0, 0.1) is 13.8 Å². The Morgan fingerprint density at radius 1 is 1.17 bits per heavy atom. The van der Waals surface area contributed by atoms with E-state index in [9.17, 15) is 5.11 Å². The average Bonchev–Trinajstić information content (AvgIpc) is 2.45. The number of benzene rings is 1. The van der Waals surface area contributed by atoms with Crippen LogP contribution in [-0.4, -0.2) is 35.9 Å². The van der Waals surface area contributed by atoms with Gasteiger partial charge in [0.25, 0.3) is 0 Å². The Hall–Kier alpha value is -1.06. The van der Waals surface area contributed by atoms with E-state index in [0.29, 0.717) is 12.1 Å². The third-order valence-corrected chi connectivity index (χ3v) is 5.01. The summed E-state index contributed by atoms with van der Waals surface area (Å²) in [6, 6.07) is 8.02. The van der Waals surface area contributed by atoms with E-state index in [-0.39, 0.29) is 0 Å². The summed E-state index contributed by atoms with van der Waals surface area (Å²) in [6.07, 6.45) is 5.52. The first-order chi connectivity index (χ1) is 11.2. The van der Waals surface area contributed by atoms with E-state index in [0.717, 1.165) is 32.4 Å². The molecule has 136 valence electrons. The van der Waals surface area contributed by atoms with E-state index in [1.165, 1.54) is 29.7 Å². The fourth-order valence-electron chi connectivity index (χ4n) is 3.76. The van der Waals surface area contributed by atoms with Gasteiger partial charge in [-0.2, -0.15) is 0 Å². The molecule has 3 heteroatoms. The van der Waals surface area contributed by atoms with Gasteiger partial charge in [-0.05, 0) is 90.0 Å². The lowest BCUT2D eigenvalue weighted by Crippen LogP contribution is -2.45. The van der Waals surface area contributed by atoms with Gasteiger partial charge in [-0.25, -0.2) is 0 Å². The molecule has 0 bridgehead atoms. The molecule has 0 spiro atoms. The van der Waals surface area contributed by atoms with E-state index in [4.69, 9.17) is 0 Å². The second kappa shape index (κ2) is 8.35. The quantitative estimate of drug-likeness (QED) is 0.786. The second-order valence-electron chi connectivity index (χ2n) is 8.38. The summed E-state index contributed by atoms with van der Waals surface area (Å²) in [5, 5.41) is 13.6. The van der Waals surface area contributed by atoms with Gasteiger partial charge in [0, 0.05) is 30.9 Å².